The molecule has 0 aromatic carbocycles. The summed E-state index contributed by atoms with van der Waals surface area (Å²) in [6.45, 7) is 2.27. The van der Waals surface area contributed by atoms with Crippen molar-refractivity contribution < 1.29 is 29.4 Å². The summed E-state index contributed by atoms with van der Waals surface area (Å²) in [4.78, 5) is 10.2. The normalized spacial score (nSPS) is 9.86. The second-order valence-corrected chi connectivity index (χ2v) is 6.07. The molecule has 0 radical (unpaired) electrons. The average molecular weight is 373 g/mol. The smallest absolute Gasteiger partial charge is 0.550 e. The van der Waals surface area contributed by atoms with Crippen LogP contribution in [0.4, 0.5) is 0 Å². The molecule has 0 aromatic rings. The molecule has 0 unspecified atom stereocenters. The molecule has 2 nitrogen and oxygen atoms in total. The summed E-state index contributed by atoms with van der Waals surface area (Å²) in [6.07, 6.45) is 19.9. The van der Waals surface area contributed by atoms with Crippen LogP contribution in [0.1, 0.15) is 110 Å². The summed E-state index contributed by atoms with van der Waals surface area (Å²) < 4.78 is 0. The van der Waals surface area contributed by atoms with E-state index in [0.29, 0.717) is 0 Å². The minimum Gasteiger partial charge on any atom is -0.550 e. The first-order valence-corrected chi connectivity index (χ1v) is 8.97. The molecule has 22 heavy (non-hydrogen) atoms. The van der Waals surface area contributed by atoms with Gasteiger partial charge in [-0.2, -0.15) is 0 Å². The van der Waals surface area contributed by atoms with Gasteiger partial charge in [-0.15, -0.1) is 0 Å². The van der Waals surface area contributed by atoms with Gasteiger partial charge >= 0.3 is 42.5 Å². The molecule has 0 aliphatic carbocycles. The SMILES string of the molecule is CCCCCCCCCCCCCCCCCC(=O)[O-].[Mg+2].[Zn+2]. The van der Waals surface area contributed by atoms with Gasteiger partial charge in [0.05, 0.1) is 0 Å². The van der Waals surface area contributed by atoms with Crippen molar-refractivity contribution in [3.8, 4) is 0 Å². The second-order valence-electron chi connectivity index (χ2n) is 6.07. The summed E-state index contributed by atoms with van der Waals surface area (Å²) in [5.41, 5.74) is 0. The van der Waals surface area contributed by atoms with Crippen molar-refractivity contribution in [2.75, 3.05) is 0 Å². The Labute approximate surface area is 167 Å². The number of carboxylic acids is 1. The minimum absolute atomic E-state index is 0. The van der Waals surface area contributed by atoms with E-state index in [1.807, 2.05) is 0 Å². The predicted octanol–water partition coefficient (Wildman–Crippen LogP) is 4.61. The Bertz CT molecular complexity index is 213. The third kappa shape index (κ3) is 25.8. The van der Waals surface area contributed by atoms with Crippen molar-refractivity contribution in [1.82, 2.24) is 0 Å². The predicted molar refractivity (Wildman–Crippen MR) is 90.3 cm³/mol. The zero-order valence-electron chi connectivity index (χ0n) is 15.0. The van der Waals surface area contributed by atoms with Crippen LogP contribution in [0.2, 0.25) is 0 Å². The molecule has 0 aliphatic rings. The van der Waals surface area contributed by atoms with Crippen LogP contribution in [0, 0.1) is 0 Å². The standard InChI is InChI=1S/C18H36O2.Mg.Zn/c1-2-3-4-5-6-7-8-9-10-11-12-13-14-15-16-17-18(19)20;;/h2-17H2,1H3,(H,19,20);;/q;2*+2/p-1. The van der Waals surface area contributed by atoms with E-state index in [0.717, 1.165) is 12.8 Å². The Balaban J connectivity index is -0.00000180. The molecule has 0 aliphatic heterocycles. The van der Waals surface area contributed by atoms with E-state index in [1.54, 1.807) is 0 Å². The molecule has 0 heterocycles. The largest absolute Gasteiger partial charge is 2.00 e. The number of carbonyl (C=O) groups is 1. The fourth-order valence-electron chi connectivity index (χ4n) is 2.64. The molecule has 0 amide bonds. The molecule has 120 valence electrons. The molecule has 4 heteroatoms. The van der Waals surface area contributed by atoms with E-state index in [4.69, 9.17) is 0 Å². The minimum atomic E-state index is -0.903. The first kappa shape index (κ1) is 27.7. The maximum atomic E-state index is 10.2. The van der Waals surface area contributed by atoms with Crippen LogP contribution in [-0.2, 0) is 24.3 Å². The third-order valence-electron chi connectivity index (χ3n) is 3.98. The number of hydrogen-bond acceptors (Lipinski definition) is 2. The van der Waals surface area contributed by atoms with Gasteiger partial charge in [-0.25, -0.2) is 0 Å². The van der Waals surface area contributed by atoms with Crippen molar-refractivity contribution in [2.45, 2.75) is 110 Å². The first-order chi connectivity index (χ1) is 9.77. The van der Waals surface area contributed by atoms with Gasteiger partial charge in [-0.1, -0.05) is 96.8 Å². The number of rotatable bonds is 16. The summed E-state index contributed by atoms with van der Waals surface area (Å²) in [5, 5.41) is 10.2. The molecule has 0 rings (SSSR count). The van der Waals surface area contributed by atoms with Gasteiger partial charge in [0.15, 0.2) is 0 Å². The van der Waals surface area contributed by atoms with E-state index in [2.05, 4.69) is 6.92 Å². The van der Waals surface area contributed by atoms with Crippen LogP contribution in [0.15, 0.2) is 0 Å². The van der Waals surface area contributed by atoms with Gasteiger partial charge < -0.3 is 9.90 Å². The number of carboxylic acid groups (broad SMARTS) is 1. The van der Waals surface area contributed by atoms with E-state index in [9.17, 15) is 9.90 Å². The fraction of sp³-hybridized carbons (Fsp3) is 0.944. The number of aliphatic carboxylic acids is 1. The molecular formula is C18H35MgO2Zn+3. The molecule has 0 saturated heterocycles. The Morgan fingerprint density at radius 3 is 1.18 bits per heavy atom. The van der Waals surface area contributed by atoms with E-state index in [1.165, 1.54) is 83.5 Å². The van der Waals surface area contributed by atoms with E-state index < -0.39 is 5.97 Å². The van der Waals surface area contributed by atoms with Crippen LogP contribution >= 0.6 is 0 Å². The topological polar surface area (TPSA) is 40.1 Å². The molecule has 0 spiro atoms. The zero-order chi connectivity index (χ0) is 14.9. The fourth-order valence-corrected chi connectivity index (χ4v) is 2.64. The van der Waals surface area contributed by atoms with Crippen LogP contribution in [0.3, 0.4) is 0 Å². The quantitative estimate of drug-likeness (QED) is 0.293. The Hall–Kier alpha value is 0.860. The maximum absolute atomic E-state index is 10.2. The van der Waals surface area contributed by atoms with Crippen molar-refractivity contribution in [3.05, 3.63) is 0 Å². The molecule has 0 saturated carbocycles. The van der Waals surface area contributed by atoms with Gasteiger partial charge in [-0.05, 0) is 12.8 Å². The van der Waals surface area contributed by atoms with Crippen LogP contribution < -0.4 is 5.11 Å². The van der Waals surface area contributed by atoms with Gasteiger partial charge in [0.2, 0.25) is 0 Å². The van der Waals surface area contributed by atoms with Crippen molar-refractivity contribution >= 4 is 29.0 Å². The Kier molecular flexibility index (Phi) is 30.4. The molecule has 0 bridgehead atoms. The summed E-state index contributed by atoms with van der Waals surface area (Å²) in [6, 6.07) is 0. The first-order valence-electron chi connectivity index (χ1n) is 8.97. The summed E-state index contributed by atoms with van der Waals surface area (Å²) >= 11 is 0. The van der Waals surface area contributed by atoms with Gasteiger partial charge in [0.25, 0.3) is 0 Å². The second kappa shape index (κ2) is 24.1. The number of unbranched alkanes of at least 4 members (excludes halogenated alkanes) is 14. The van der Waals surface area contributed by atoms with Gasteiger partial charge in [0, 0.05) is 5.97 Å². The van der Waals surface area contributed by atoms with E-state index in [-0.39, 0.29) is 49.0 Å². The van der Waals surface area contributed by atoms with Crippen LogP contribution in [0.5, 0.6) is 0 Å². The number of carbonyl (C=O) groups excluding carboxylic acids is 1. The van der Waals surface area contributed by atoms with Crippen molar-refractivity contribution in [2.24, 2.45) is 0 Å². The van der Waals surface area contributed by atoms with Gasteiger partial charge in [-0.3, -0.25) is 0 Å². The van der Waals surface area contributed by atoms with Gasteiger partial charge in [0.1, 0.15) is 0 Å². The van der Waals surface area contributed by atoms with Crippen molar-refractivity contribution in [3.63, 3.8) is 0 Å². The zero-order valence-corrected chi connectivity index (χ0v) is 19.4. The summed E-state index contributed by atoms with van der Waals surface area (Å²) in [7, 11) is 0. The van der Waals surface area contributed by atoms with Crippen molar-refractivity contribution in [1.29, 1.82) is 0 Å². The maximum Gasteiger partial charge on any atom is 2.00 e. The molecular weight excluding hydrogens is 338 g/mol. The third-order valence-corrected chi connectivity index (χ3v) is 3.98. The monoisotopic (exact) mass is 371 g/mol. The van der Waals surface area contributed by atoms with Crippen LogP contribution in [0.25, 0.3) is 0 Å². The van der Waals surface area contributed by atoms with Crippen LogP contribution in [-0.4, -0.2) is 29.0 Å². The Morgan fingerprint density at radius 1 is 0.636 bits per heavy atom. The van der Waals surface area contributed by atoms with E-state index >= 15 is 0 Å². The molecule has 0 fully saturated rings. The summed E-state index contributed by atoms with van der Waals surface area (Å²) in [5.74, 6) is -0.903. The molecule has 0 aromatic heterocycles. The molecule has 0 N–H and O–H groups in total. The molecule has 0 atom stereocenters. The average Bonchev–Trinajstić information content (AvgIpc) is 2.43. The number of hydrogen-bond donors (Lipinski definition) is 0. The Morgan fingerprint density at radius 2 is 0.909 bits per heavy atom.